The molecule has 0 aromatic carbocycles. The van der Waals surface area contributed by atoms with Crippen LogP contribution < -0.4 is 0 Å². The fourth-order valence-corrected chi connectivity index (χ4v) is 1.04. The fourth-order valence-electron chi connectivity index (χ4n) is 1.04. The number of nitrogens with zero attached hydrogens (tertiary/aromatic N) is 1. The molecule has 1 aromatic heterocycles. The van der Waals surface area contributed by atoms with Crippen LogP contribution in [0.2, 0.25) is 0 Å². The van der Waals surface area contributed by atoms with E-state index in [2.05, 4.69) is 4.98 Å². The standard InChI is InChI=1S/C8H5F6N/c1-3-5(7(10)11)6(9)4(2-15-3)8(12,13)14/h2,7H,1H3. The van der Waals surface area contributed by atoms with Crippen LogP contribution in [-0.4, -0.2) is 4.98 Å². The van der Waals surface area contributed by atoms with Crippen LogP contribution >= 0.6 is 0 Å². The molecule has 1 rings (SSSR count). The molecule has 84 valence electrons. The van der Waals surface area contributed by atoms with Gasteiger partial charge in [-0.3, -0.25) is 4.98 Å². The van der Waals surface area contributed by atoms with Crippen LogP contribution in [0.4, 0.5) is 26.3 Å². The van der Waals surface area contributed by atoms with Crippen LogP contribution in [0.1, 0.15) is 23.2 Å². The number of pyridine rings is 1. The molecule has 0 unspecified atom stereocenters. The third kappa shape index (κ3) is 2.21. The Morgan fingerprint density at radius 2 is 1.80 bits per heavy atom. The maximum absolute atomic E-state index is 13.0. The summed E-state index contributed by atoms with van der Waals surface area (Å²) in [6, 6.07) is 0. The first-order chi connectivity index (χ1) is 6.75. The molecule has 0 spiro atoms. The van der Waals surface area contributed by atoms with Gasteiger partial charge in [-0.15, -0.1) is 0 Å². The van der Waals surface area contributed by atoms with E-state index < -0.39 is 35.2 Å². The third-order valence-corrected chi connectivity index (χ3v) is 1.77. The molecular weight excluding hydrogens is 224 g/mol. The number of halogens is 6. The Morgan fingerprint density at radius 3 is 2.20 bits per heavy atom. The minimum absolute atomic E-state index is 0.205. The molecule has 0 saturated carbocycles. The first-order valence-corrected chi connectivity index (χ1v) is 3.75. The number of rotatable bonds is 1. The summed E-state index contributed by atoms with van der Waals surface area (Å²) < 4.78 is 73.8. The van der Waals surface area contributed by atoms with Crippen LogP contribution in [0.15, 0.2) is 6.20 Å². The average molecular weight is 229 g/mol. The molecule has 0 amide bonds. The summed E-state index contributed by atoms with van der Waals surface area (Å²) in [6.45, 7) is 1.02. The molecule has 0 radical (unpaired) electrons. The van der Waals surface area contributed by atoms with Crippen LogP contribution in [-0.2, 0) is 6.18 Å². The van der Waals surface area contributed by atoms with Crippen molar-refractivity contribution < 1.29 is 26.3 Å². The molecule has 0 N–H and O–H groups in total. The summed E-state index contributed by atoms with van der Waals surface area (Å²) in [7, 11) is 0. The van der Waals surface area contributed by atoms with Gasteiger partial charge < -0.3 is 0 Å². The van der Waals surface area contributed by atoms with Crippen LogP contribution in [0, 0.1) is 12.7 Å². The monoisotopic (exact) mass is 229 g/mol. The van der Waals surface area contributed by atoms with Gasteiger partial charge in [0, 0.05) is 11.9 Å². The lowest BCUT2D eigenvalue weighted by Gasteiger charge is -2.11. The second kappa shape index (κ2) is 3.71. The van der Waals surface area contributed by atoms with E-state index in [1.54, 1.807) is 0 Å². The van der Waals surface area contributed by atoms with Gasteiger partial charge in [-0.05, 0) is 6.92 Å². The van der Waals surface area contributed by atoms with Crippen molar-refractivity contribution in [3.05, 3.63) is 28.8 Å². The van der Waals surface area contributed by atoms with Gasteiger partial charge in [0.25, 0.3) is 6.43 Å². The molecule has 15 heavy (non-hydrogen) atoms. The number of aromatic nitrogens is 1. The Bertz CT molecular complexity index is 370. The highest BCUT2D eigenvalue weighted by molar-refractivity contribution is 5.29. The van der Waals surface area contributed by atoms with Crippen molar-refractivity contribution in [2.45, 2.75) is 19.5 Å². The highest BCUT2D eigenvalue weighted by Crippen LogP contribution is 2.35. The molecule has 1 nitrogen and oxygen atoms in total. The minimum atomic E-state index is -5.02. The van der Waals surface area contributed by atoms with Gasteiger partial charge in [-0.1, -0.05) is 0 Å². The van der Waals surface area contributed by atoms with Crippen molar-refractivity contribution in [3.63, 3.8) is 0 Å². The molecule has 1 aromatic rings. The van der Waals surface area contributed by atoms with Gasteiger partial charge in [-0.25, -0.2) is 13.2 Å². The molecular formula is C8H5F6N. The minimum Gasteiger partial charge on any atom is -0.260 e. The van der Waals surface area contributed by atoms with Crippen molar-refractivity contribution >= 4 is 0 Å². The number of alkyl halides is 5. The lowest BCUT2D eigenvalue weighted by atomic mass is 10.1. The summed E-state index contributed by atoms with van der Waals surface area (Å²) in [5, 5.41) is 0. The number of aryl methyl sites for hydroxylation is 1. The van der Waals surface area contributed by atoms with Crippen molar-refractivity contribution in [1.82, 2.24) is 4.98 Å². The van der Waals surface area contributed by atoms with E-state index >= 15 is 0 Å². The first kappa shape index (κ1) is 11.8. The highest BCUT2D eigenvalue weighted by Gasteiger charge is 2.37. The predicted octanol–water partition coefficient (Wildman–Crippen LogP) is 3.49. The van der Waals surface area contributed by atoms with Crippen molar-refractivity contribution in [2.75, 3.05) is 0 Å². The van der Waals surface area contributed by atoms with Crippen molar-refractivity contribution in [2.24, 2.45) is 0 Å². The van der Waals surface area contributed by atoms with E-state index in [4.69, 9.17) is 0 Å². The molecule has 0 bridgehead atoms. The molecule has 7 heteroatoms. The Kier molecular flexibility index (Phi) is 2.92. The quantitative estimate of drug-likeness (QED) is 0.671. The maximum Gasteiger partial charge on any atom is 0.420 e. The molecule has 0 atom stereocenters. The second-order valence-corrected chi connectivity index (χ2v) is 2.78. The van der Waals surface area contributed by atoms with E-state index in [0.29, 0.717) is 0 Å². The van der Waals surface area contributed by atoms with Crippen LogP contribution in [0.5, 0.6) is 0 Å². The fraction of sp³-hybridized carbons (Fsp3) is 0.375. The summed E-state index contributed by atoms with van der Waals surface area (Å²) in [4.78, 5) is 3.09. The highest BCUT2D eigenvalue weighted by atomic mass is 19.4. The molecule has 0 fully saturated rings. The normalized spacial score (nSPS) is 12.3. The Morgan fingerprint density at radius 1 is 1.27 bits per heavy atom. The third-order valence-electron chi connectivity index (χ3n) is 1.77. The number of hydrogen-bond acceptors (Lipinski definition) is 1. The Balaban J connectivity index is 3.42. The molecule has 0 aliphatic heterocycles. The van der Waals surface area contributed by atoms with E-state index in [0.717, 1.165) is 6.92 Å². The van der Waals surface area contributed by atoms with Gasteiger partial charge in [0.1, 0.15) is 11.4 Å². The Labute approximate surface area is 80.7 Å². The second-order valence-electron chi connectivity index (χ2n) is 2.78. The predicted molar refractivity (Wildman–Crippen MR) is 38.9 cm³/mol. The number of hydrogen-bond donors (Lipinski definition) is 0. The Hall–Kier alpha value is -1.27. The SMILES string of the molecule is Cc1ncc(C(F)(F)F)c(F)c1C(F)F. The zero-order valence-corrected chi connectivity index (χ0v) is 7.37. The average Bonchev–Trinajstić information content (AvgIpc) is 2.00. The van der Waals surface area contributed by atoms with Gasteiger partial charge in [0.15, 0.2) is 0 Å². The lowest BCUT2D eigenvalue weighted by molar-refractivity contribution is -0.140. The van der Waals surface area contributed by atoms with Crippen LogP contribution in [0.3, 0.4) is 0 Å². The summed E-state index contributed by atoms with van der Waals surface area (Å²) in [6.07, 6.45) is -8.13. The van der Waals surface area contributed by atoms with Crippen LogP contribution in [0.25, 0.3) is 0 Å². The van der Waals surface area contributed by atoms with Gasteiger partial charge in [0.2, 0.25) is 0 Å². The largest absolute Gasteiger partial charge is 0.420 e. The summed E-state index contributed by atoms with van der Waals surface area (Å²) >= 11 is 0. The van der Waals surface area contributed by atoms with E-state index in [1.807, 2.05) is 0 Å². The smallest absolute Gasteiger partial charge is 0.260 e. The van der Waals surface area contributed by atoms with Gasteiger partial charge >= 0.3 is 6.18 Å². The topological polar surface area (TPSA) is 12.9 Å². The molecule has 0 aliphatic rings. The lowest BCUT2D eigenvalue weighted by Crippen LogP contribution is -2.12. The zero-order valence-electron chi connectivity index (χ0n) is 7.37. The molecule has 0 aliphatic carbocycles. The molecule has 0 saturated heterocycles. The van der Waals surface area contributed by atoms with E-state index in [1.165, 1.54) is 0 Å². The van der Waals surface area contributed by atoms with Gasteiger partial charge in [-0.2, -0.15) is 13.2 Å². The summed E-state index contributed by atoms with van der Waals surface area (Å²) in [5.74, 6) is -1.95. The van der Waals surface area contributed by atoms with E-state index in [-0.39, 0.29) is 6.20 Å². The van der Waals surface area contributed by atoms with Gasteiger partial charge in [0.05, 0.1) is 5.56 Å². The maximum atomic E-state index is 13.0. The van der Waals surface area contributed by atoms with E-state index in [9.17, 15) is 26.3 Å². The van der Waals surface area contributed by atoms with Crippen molar-refractivity contribution in [1.29, 1.82) is 0 Å². The van der Waals surface area contributed by atoms with Crippen molar-refractivity contribution in [3.8, 4) is 0 Å². The summed E-state index contributed by atoms with van der Waals surface area (Å²) in [5.41, 5.74) is -3.52. The first-order valence-electron chi connectivity index (χ1n) is 3.75. The zero-order chi connectivity index (χ0) is 11.8. The molecule has 1 heterocycles.